The van der Waals surface area contributed by atoms with Crippen LogP contribution in [-0.4, -0.2) is 29.2 Å². The molecule has 0 atom stereocenters. The van der Waals surface area contributed by atoms with Crippen molar-refractivity contribution >= 4 is 22.4 Å². The number of guanidine groups is 1. The van der Waals surface area contributed by atoms with Crippen molar-refractivity contribution < 1.29 is 4.74 Å². The Kier molecular flexibility index (Phi) is 4.07. The largest absolute Gasteiger partial charge is 0.486 e. The highest BCUT2D eigenvalue weighted by Gasteiger charge is 2.09. The van der Waals surface area contributed by atoms with Crippen molar-refractivity contribution in [1.29, 1.82) is 0 Å². The van der Waals surface area contributed by atoms with Crippen molar-refractivity contribution in [3.8, 4) is 5.75 Å². The molecule has 2 aromatic rings. The lowest BCUT2D eigenvalue weighted by atomic mass is 10.3. The maximum atomic E-state index is 5.63. The number of anilines is 1. The highest BCUT2D eigenvalue weighted by atomic mass is 32.1. The number of hydrogen-bond donors (Lipinski definition) is 2. The van der Waals surface area contributed by atoms with Crippen LogP contribution in [0.25, 0.3) is 0 Å². The zero-order valence-corrected chi connectivity index (χ0v) is 11.7. The molecule has 2 heterocycles. The second-order valence-electron chi connectivity index (χ2n) is 4.24. The number of para-hydroxylation sites is 1. The predicted octanol–water partition coefficient (Wildman–Crippen LogP) is 1.88. The van der Waals surface area contributed by atoms with Crippen LogP contribution < -0.4 is 15.4 Å². The Hall–Kier alpha value is -2.15. The van der Waals surface area contributed by atoms with Gasteiger partial charge in [0.1, 0.15) is 12.4 Å². The van der Waals surface area contributed by atoms with Crippen LogP contribution in [0.2, 0.25) is 0 Å². The first-order chi connectivity index (χ1) is 9.90. The second kappa shape index (κ2) is 6.33. The molecule has 0 saturated heterocycles. The minimum absolute atomic E-state index is 0.420. The summed E-state index contributed by atoms with van der Waals surface area (Å²) in [6.45, 7) is 2.20. The van der Waals surface area contributed by atoms with Crippen LogP contribution in [0.1, 0.15) is 11.4 Å². The maximum Gasteiger partial charge on any atom is 0.212 e. The van der Waals surface area contributed by atoms with Crippen LogP contribution >= 0.6 is 11.3 Å². The monoisotopic (exact) mass is 289 g/mol. The van der Waals surface area contributed by atoms with E-state index in [9.17, 15) is 0 Å². The summed E-state index contributed by atoms with van der Waals surface area (Å²) in [6, 6.07) is 9.67. The molecule has 0 fully saturated rings. The van der Waals surface area contributed by atoms with Crippen molar-refractivity contribution in [2.24, 2.45) is 4.99 Å². The van der Waals surface area contributed by atoms with Crippen LogP contribution in [-0.2, 0) is 6.61 Å². The highest BCUT2D eigenvalue weighted by Crippen LogP contribution is 2.18. The zero-order chi connectivity index (χ0) is 13.6. The Bertz CT molecular complexity index is 583. The Morgan fingerprint density at radius 1 is 1.25 bits per heavy atom. The first kappa shape index (κ1) is 12.9. The van der Waals surface area contributed by atoms with E-state index in [1.807, 2.05) is 30.3 Å². The molecule has 0 radical (unpaired) electrons. The average molecular weight is 289 g/mol. The van der Waals surface area contributed by atoms with Crippen molar-refractivity contribution in [1.82, 2.24) is 15.5 Å². The molecule has 7 heteroatoms. The number of benzene rings is 1. The third-order valence-electron chi connectivity index (χ3n) is 2.69. The van der Waals surface area contributed by atoms with Crippen molar-refractivity contribution in [2.75, 3.05) is 18.4 Å². The molecule has 1 aromatic carbocycles. The van der Waals surface area contributed by atoms with Crippen molar-refractivity contribution in [2.45, 2.75) is 13.0 Å². The quantitative estimate of drug-likeness (QED) is 0.899. The molecule has 0 saturated carbocycles. The molecule has 20 heavy (non-hydrogen) atoms. The van der Waals surface area contributed by atoms with E-state index in [1.165, 1.54) is 11.3 Å². The fraction of sp³-hybridized carbons (Fsp3) is 0.308. The Morgan fingerprint density at radius 3 is 2.95 bits per heavy atom. The number of nitrogens with zero attached hydrogens (tertiary/aromatic N) is 3. The van der Waals surface area contributed by atoms with Crippen molar-refractivity contribution in [3.05, 3.63) is 35.3 Å². The fourth-order valence-electron chi connectivity index (χ4n) is 1.74. The highest BCUT2D eigenvalue weighted by molar-refractivity contribution is 7.15. The van der Waals surface area contributed by atoms with Crippen molar-refractivity contribution in [3.63, 3.8) is 0 Å². The van der Waals surface area contributed by atoms with Crippen LogP contribution in [0.4, 0.5) is 5.13 Å². The summed E-state index contributed by atoms with van der Waals surface area (Å²) >= 11 is 1.47. The number of nitrogens with one attached hydrogen (secondary N) is 2. The molecule has 1 aliphatic rings. The van der Waals surface area contributed by atoms with Gasteiger partial charge in [-0.15, -0.1) is 10.2 Å². The van der Waals surface area contributed by atoms with Crippen LogP contribution in [0, 0.1) is 0 Å². The van der Waals surface area contributed by atoms with Gasteiger partial charge in [0.05, 0.1) is 0 Å². The minimum atomic E-state index is 0.420. The first-order valence-electron chi connectivity index (χ1n) is 6.46. The van der Waals surface area contributed by atoms with Crippen LogP contribution in [0.5, 0.6) is 5.75 Å². The molecule has 0 unspecified atom stereocenters. The normalized spacial score (nSPS) is 14.3. The molecule has 6 nitrogen and oxygen atoms in total. The van der Waals surface area contributed by atoms with E-state index in [-0.39, 0.29) is 0 Å². The van der Waals surface area contributed by atoms with Gasteiger partial charge in [0.2, 0.25) is 5.13 Å². The average Bonchev–Trinajstić information content (AvgIpc) is 2.95. The van der Waals surface area contributed by atoms with Gasteiger partial charge in [0, 0.05) is 13.1 Å². The Labute approximate surface area is 120 Å². The van der Waals surface area contributed by atoms with E-state index in [0.717, 1.165) is 41.4 Å². The van der Waals surface area contributed by atoms with Gasteiger partial charge < -0.3 is 15.4 Å². The van der Waals surface area contributed by atoms with E-state index in [1.54, 1.807) is 0 Å². The Balaban J connectivity index is 1.55. The summed E-state index contributed by atoms with van der Waals surface area (Å²) in [7, 11) is 0. The third kappa shape index (κ3) is 3.45. The van der Waals surface area contributed by atoms with E-state index in [2.05, 4.69) is 25.8 Å². The maximum absolute atomic E-state index is 5.63. The molecule has 1 aromatic heterocycles. The molecule has 0 bridgehead atoms. The molecular weight excluding hydrogens is 274 g/mol. The molecule has 104 valence electrons. The third-order valence-corrected chi connectivity index (χ3v) is 3.51. The van der Waals surface area contributed by atoms with Gasteiger partial charge in [-0.1, -0.05) is 29.5 Å². The summed E-state index contributed by atoms with van der Waals surface area (Å²) in [4.78, 5) is 4.33. The molecule has 0 aliphatic carbocycles. The smallest absolute Gasteiger partial charge is 0.212 e. The van der Waals surface area contributed by atoms with E-state index < -0.39 is 0 Å². The summed E-state index contributed by atoms with van der Waals surface area (Å²) in [6.07, 6.45) is 1.07. The summed E-state index contributed by atoms with van der Waals surface area (Å²) in [5, 5.41) is 16.0. The number of aliphatic imine (C=N–C) groups is 1. The predicted molar refractivity (Wildman–Crippen MR) is 79.2 cm³/mol. The fourth-order valence-corrected chi connectivity index (χ4v) is 2.39. The van der Waals surface area contributed by atoms with Gasteiger partial charge in [0.25, 0.3) is 0 Å². The number of aromatic nitrogens is 2. The van der Waals surface area contributed by atoms with Gasteiger partial charge in [0.15, 0.2) is 11.0 Å². The summed E-state index contributed by atoms with van der Waals surface area (Å²) in [5.74, 6) is 1.60. The SMILES string of the molecule is c1ccc(OCc2nnc(NC3=NCCCN3)s2)cc1. The molecule has 0 amide bonds. The summed E-state index contributed by atoms with van der Waals surface area (Å²) < 4.78 is 5.63. The standard InChI is InChI=1S/C13H15N5OS/c1-2-5-10(6-3-1)19-9-11-17-18-13(20-11)16-12-14-7-4-8-15-12/h1-3,5-6H,4,7-9H2,(H2,14,15,16,18). The Morgan fingerprint density at radius 2 is 2.15 bits per heavy atom. The van der Waals surface area contributed by atoms with E-state index in [4.69, 9.17) is 4.74 Å². The molecule has 0 spiro atoms. The van der Waals surface area contributed by atoms with E-state index in [0.29, 0.717) is 6.61 Å². The zero-order valence-electron chi connectivity index (χ0n) is 10.9. The molecule has 1 aliphatic heterocycles. The first-order valence-corrected chi connectivity index (χ1v) is 7.27. The van der Waals surface area contributed by atoms with Gasteiger partial charge in [-0.25, -0.2) is 0 Å². The van der Waals surface area contributed by atoms with Gasteiger partial charge in [-0.05, 0) is 18.6 Å². The summed E-state index contributed by atoms with van der Waals surface area (Å²) in [5.41, 5.74) is 0. The van der Waals surface area contributed by atoms with E-state index >= 15 is 0 Å². The van der Waals surface area contributed by atoms with Gasteiger partial charge >= 0.3 is 0 Å². The lowest BCUT2D eigenvalue weighted by Crippen LogP contribution is -2.35. The lowest BCUT2D eigenvalue weighted by Gasteiger charge is -2.13. The number of hydrogen-bond acceptors (Lipinski definition) is 7. The topological polar surface area (TPSA) is 71.4 Å². The lowest BCUT2D eigenvalue weighted by molar-refractivity contribution is 0.304. The van der Waals surface area contributed by atoms with Crippen LogP contribution in [0.3, 0.4) is 0 Å². The molecule has 3 rings (SSSR count). The van der Waals surface area contributed by atoms with Gasteiger partial charge in [-0.2, -0.15) is 0 Å². The van der Waals surface area contributed by atoms with Gasteiger partial charge in [-0.3, -0.25) is 4.99 Å². The molecule has 2 N–H and O–H groups in total. The van der Waals surface area contributed by atoms with Crippen LogP contribution in [0.15, 0.2) is 35.3 Å². The molecular formula is C13H15N5OS. The number of ether oxygens (including phenoxy) is 1. The minimum Gasteiger partial charge on any atom is -0.486 e. The number of rotatable bonds is 4. The second-order valence-corrected chi connectivity index (χ2v) is 5.30.